The van der Waals surface area contributed by atoms with E-state index in [9.17, 15) is 23.3 Å². The van der Waals surface area contributed by atoms with Gasteiger partial charge in [0.1, 0.15) is 6.54 Å². The number of carbonyl (C=O) groups is 1. The molecular formula is C28H31N5O6S. The number of para-hydroxylation sites is 1. The second-order valence-corrected chi connectivity index (χ2v) is 11.1. The zero-order valence-electron chi connectivity index (χ0n) is 22.3. The van der Waals surface area contributed by atoms with Crippen molar-refractivity contribution in [2.45, 2.75) is 25.2 Å². The van der Waals surface area contributed by atoms with Crippen molar-refractivity contribution >= 4 is 39.2 Å². The van der Waals surface area contributed by atoms with Gasteiger partial charge in [-0.3, -0.25) is 19.2 Å². The molecule has 1 fully saturated rings. The van der Waals surface area contributed by atoms with Crippen molar-refractivity contribution in [1.82, 2.24) is 5.43 Å². The molecular weight excluding hydrogens is 534 g/mol. The van der Waals surface area contributed by atoms with Crippen LogP contribution in [0.3, 0.4) is 0 Å². The molecule has 0 aliphatic carbocycles. The number of carbonyl (C=O) groups excluding carboxylic acids is 1. The van der Waals surface area contributed by atoms with E-state index in [0.717, 1.165) is 15.4 Å². The number of amides is 1. The Bertz CT molecular complexity index is 1500. The average molecular weight is 566 g/mol. The molecule has 0 radical (unpaired) electrons. The summed E-state index contributed by atoms with van der Waals surface area (Å²) in [6.45, 7) is 5.50. The molecule has 12 heteroatoms. The third kappa shape index (κ3) is 6.64. The number of rotatable bonds is 10. The van der Waals surface area contributed by atoms with Gasteiger partial charge in [0, 0.05) is 36.5 Å². The van der Waals surface area contributed by atoms with E-state index >= 15 is 0 Å². The molecule has 0 aromatic heterocycles. The molecule has 210 valence electrons. The maximum absolute atomic E-state index is 13.7. The summed E-state index contributed by atoms with van der Waals surface area (Å²) in [6, 6.07) is 17.9. The van der Waals surface area contributed by atoms with Crippen LogP contribution in [0.4, 0.5) is 17.1 Å². The number of hydrazone groups is 1. The van der Waals surface area contributed by atoms with E-state index in [0.29, 0.717) is 49.7 Å². The maximum atomic E-state index is 13.7. The first-order valence-corrected chi connectivity index (χ1v) is 14.2. The van der Waals surface area contributed by atoms with Crippen LogP contribution in [0.25, 0.3) is 0 Å². The van der Waals surface area contributed by atoms with Crippen molar-refractivity contribution in [2.24, 2.45) is 5.10 Å². The Labute approximate surface area is 233 Å². The van der Waals surface area contributed by atoms with Crippen molar-refractivity contribution in [3.05, 3.63) is 93.5 Å². The number of ether oxygens (including phenoxy) is 1. The number of hydrogen-bond acceptors (Lipinski definition) is 8. The van der Waals surface area contributed by atoms with Crippen molar-refractivity contribution in [2.75, 3.05) is 42.1 Å². The van der Waals surface area contributed by atoms with Gasteiger partial charge < -0.3 is 9.64 Å². The summed E-state index contributed by atoms with van der Waals surface area (Å²) in [5, 5.41) is 15.4. The van der Waals surface area contributed by atoms with Gasteiger partial charge in [0.25, 0.3) is 21.6 Å². The number of nitrogens with one attached hydrogen (secondary N) is 1. The highest BCUT2D eigenvalue weighted by molar-refractivity contribution is 7.92. The molecule has 1 aliphatic rings. The van der Waals surface area contributed by atoms with Crippen molar-refractivity contribution in [3.63, 3.8) is 0 Å². The number of nitrogens with zero attached hydrogens (tertiary/aromatic N) is 4. The predicted molar refractivity (Wildman–Crippen MR) is 153 cm³/mol. The molecule has 1 aliphatic heterocycles. The number of sulfonamides is 1. The Kier molecular flexibility index (Phi) is 9.12. The van der Waals surface area contributed by atoms with E-state index in [1.54, 1.807) is 30.3 Å². The van der Waals surface area contributed by atoms with E-state index in [1.165, 1.54) is 30.5 Å². The van der Waals surface area contributed by atoms with Crippen molar-refractivity contribution in [3.8, 4) is 0 Å². The first kappa shape index (κ1) is 28.7. The molecule has 3 aromatic carbocycles. The van der Waals surface area contributed by atoms with Crippen LogP contribution in [0, 0.1) is 17.0 Å². The van der Waals surface area contributed by atoms with E-state index in [4.69, 9.17) is 4.74 Å². The number of hydrogen-bond donors (Lipinski definition) is 1. The van der Waals surface area contributed by atoms with Crippen LogP contribution in [0.15, 0.2) is 76.7 Å². The molecule has 1 heterocycles. The first-order chi connectivity index (χ1) is 19.2. The lowest BCUT2D eigenvalue weighted by Crippen LogP contribution is -2.40. The fraction of sp³-hybridized carbons (Fsp3) is 0.286. The molecule has 1 amide bonds. The fourth-order valence-electron chi connectivity index (χ4n) is 4.38. The van der Waals surface area contributed by atoms with E-state index < -0.39 is 27.4 Å². The van der Waals surface area contributed by atoms with E-state index in [2.05, 4.69) is 10.5 Å². The lowest BCUT2D eigenvalue weighted by atomic mass is 10.1. The Morgan fingerprint density at radius 2 is 1.82 bits per heavy atom. The number of aryl methyl sites for hydroxylation is 2. The Morgan fingerprint density at radius 3 is 2.50 bits per heavy atom. The van der Waals surface area contributed by atoms with Gasteiger partial charge in [-0.2, -0.15) is 5.10 Å². The highest BCUT2D eigenvalue weighted by atomic mass is 32.2. The molecule has 0 unspecified atom stereocenters. The summed E-state index contributed by atoms with van der Waals surface area (Å²) in [7, 11) is -4.08. The molecule has 3 aromatic rings. The van der Waals surface area contributed by atoms with Gasteiger partial charge in [-0.25, -0.2) is 13.8 Å². The largest absolute Gasteiger partial charge is 0.378 e. The van der Waals surface area contributed by atoms with Gasteiger partial charge in [-0.15, -0.1) is 0 Å². The minimum Gasteiger partial charge on any atom is -0.378 e. The second-order valence-electron chi connectivity index (χ2n) is 9.20. The van der Waals surface area contributed by atoms with Gasteiger partial charge in [0.2, 0.25) is 0 Å². The monoisotopic (exact) mass is 565 g/mol. The standard InChI is InChI=1S/C28H31N5O6S/c1-3-22-6-4-5-7-27(22)32(40(37,38)25-11-8-21(2)9-12-25)20-28(34)30-29-19-23-18-24(33(35)36)10-13-26(23)31-14-16-39-17-15-31/h4-13,18-19H,3,14-17,20H2,1-2H3,(H,30,34)/b29-19-. The van der Waals surface area contributed by atoms with Gasteiger partial charge >= 0.3 is 0 Å². The quantitative estimate of drug-likeness (QED) is 0.225. The first-order valence-electron chi connectivity index (χ1n) is 12.8. The fourth-order valence-corrected chi connectivity index (χ4v) is 5.84. The summed E-state index contributed by atoms with van der Waals surface area (Å²) in [6.07, 6.45) is 1.89. The van der Waals surface area contributed by atoms with Crippen LogP contribution in [-0.2, 0) is 26.0 Å². The summed E-state index contributed by atoms with van der Waals surface area (Å²) >= 11 is 0. The predicted octanol–water partition coefficient (Wildman–Crippen LogP) is 3.65. The van der Waals surface area contributed by atoms with Crippen LogP contribution >= 0.6 is 0 Å². The van der Waals surface area contributed by atoms with E-state index in [1.807, 2.05) is 30.9 Å². The van der Waals surface area contributed by atoms with Crippen LogP contribution in [0.5, 0.6) is 0 Å². The molecule has 4 rings (SSSR count). The molecule has 0 saturated carbocycles. The van der Waals surface area contributed by atoms with Crippen molar-refractivity contribution in [1.29, 1.82) is 0 Å². The number of morpholine rings is 1. The smallest absolute Gasteiger partial charge is 0.270 e. The topological polar surface area (TPSA) is 134 Å². The lowest BCUT2D eigenvalue weighted by molar-refractivity contribution is -0.384. The van der Waals surface area contributed by atoms with Gasteiger partial charge in [-0.1, -0.05) is 42.8 Å². The molecule has 1 saturated heterocycles. The Hall–Kier alpha value is -4.29. The molecule has 11 nitrogen and oxygen atoms in total. The van der Waals surface area contributed by atoms with Gasteiger partial charge in [0.05, 0.1) is 34.9 Å². The number of anilines is 2. The highest BCUT2D eigenvalue weighted by Crippen LogP contribution is 2.28. The van der Waals surface area contributed by atoms with Crippen LogP contribution in [-0.4, -0.2) is 58.3 Å². The molecule has 0 spiro atoms. The third-order valence-electron chi connectivity index (χ3n) is 6.50. The Balaban J connectivity index is 1.60. The zero-order chi connectivity index (χ0) is 28.7. The molecule has 0 bridgehead atoms. The lowest BCUT2D eigenvalue weighted by Gasteiger charge is -2.29. The summed E-state index contributed by atoms with van der Waals surface area (Å²) in [4.78, 5) is 26.0. The SMILES string of the molecule is CCc1ccccc1N(CC(=O)N/N=C\c1cc([N+](=O)[O-])ccc1N1CCOCC1)S(=O)(=O)c1ccc(C)cc1. The molecule has 0 atom stereocenters. The number of non-ortho nitro benzene ring substituents is 1. The minimum absolute atomic E-state index is 0.0621. The summed E-state index contributed by atoms with van der Waals surface area (Å²) < 4.78 is 33.9. The van der Waals surface area contributed by atoms with Crippen LogP contribution < -0.4 is 14.6 Å². The van der Waals surface area contributed by atoms with E-state index in [-0.39, 0.29) is 10.6 Å². The molecule has 1 N–H and O–H groups in total. The second kappa shape index (κ2) is 12.7. The number of nitro groups is 1. The summed E-state index contributed by atoms with van der Waals surface area (Å²) in [5.74, 6) is -0.670. The minimum atomic E-state index is -4.08. The average Bonchev–Trinajstić information content (AvgIpc) is 2.96. The van der Waals surface area contributed by atoms with Gasteiger partial charge in [0.15, 0.2) is 0 Å². The summed E-state index contributed by atoms with van der Waals surface area (Å²) in [5.41, 5.74) is 5.51. The number of benzene rings is 3. The number of nitro benzene ring substituents is 1. The maximum Gasteiger partial charge on any atom is 0.270 e. The van der Waals surface area contributed by atoms with Crippen LogP contribution in [0.1, 0.15) is 23.6 Å². The van der Waals surface area contributed by atoms with Crippen LogP contribution in [0.2, 0.25) is 0 Å². The zero-order valence-corrected chi connectivity index (χ0v) is 23.1. The van der Waals surface area contributed by atoms with Gasteiger partial charge in [-0.05, 0) is 43.2 Å². The third-order valence-corrected chi connectivity index (χ3v) is 8.28. The normalized spacial score (nSPS) is 13.8. The Morgan fingerprint density at radius 1 is 1.12 bits per heavy atom. The highest BCUT2D eigenvalue weighted by Gasteiger charge is 2.28. The van der Waals surface area contributed by atoms with Crippen molar-refractivity contribution < 1.29 is 22.9 Å². The molecule has 40 heavy (non-hydrogen) atoms.